The van der Waals surface area contributed by atoms with E-state index in [9.17, 15) is 13.6 Å². The van der Waals surface area contributed by atoms with Gasteiger partial charge >= 0.3 is 0 Å². The Morgan fingerprint density at radius 1 is 1.71 bits per heavy atom. The van der Waals surface area contributed by atoms with Gasteiger partial charge in [-0.25, -0.2) is 8.78 Å². The lowest BCUT2D eigenvalue weighted by atomic mass is 10.1. The van der Waals surface area contributed by atoms with Crippen LogP contribution in [0.5, 0.6) is 0 Å². The zero-order valence-corrected chi connectivity index (χ0v) is 9.20. The van der Waals surface area contributed by atoms with E-state index in [1.54, 1.807) is 0 Å². The molecule has 1 aromatic heterocycles. The molecule has 0 aromatic carbocycles. The number of halogens is 2. The van der Waals surface area contributed by atoms with Crippen molar-refractivity contribution >= 4 is 11.6 Å². The van der Waals surface area contributed by atoms with E-state index < -0.39 is 13.0 Å². The van der Waals surface area contributed by atoms with Crippen molar-refractivity contribution < 1.29 is 13.6 Å². The van der Waals surface area contributed by atoms with E-state index in [2.05, 4.69) is 15.7 Å². The molecule has 0 aliphatic carbocycles. The monoisotopic (exact) mass is 244 g/mol. The van der Waals surface area contributed by atoms with Gasteiger partial charge in [0.25, 0.3) is 6.43 Å². The minimum atomic E-state index is -2.45. The average molecular weight is 244 g/mol. The first-order chi connectivity index (χ1) is 8.15. The van der Waals surface area contributed by atoms with E-state index in [1.807, 2.05) is 0 Å². The van der Waals surface area contributed by atoms with Crippen LogP contribution in [0.4, 0.5) is 14.5 Å². The summed E-state index contributed by atoms with van der Waals surface area (Å²) in [6.45, 7) is 1.04. The lowest BCUT2D eigenvalue weighted by Crippen LogP contribution is -2.24. The van der Waals surface area contributed by atoms with E-state index in [1.165, 1.54) is 12.4 Å². The maximum atomic E-state index is 12.1. The summed E-state index contributed by atoms with van der Waals surface area (Å²) in [6.07, 6.45) is 1.14. The maximum absolute atomic E-state index is 12.1. The Morgan fingerprint density at radius 2 is 2.53 bits per heavy atom. The first-order valence-electron chi connectivity index (χ1n) is 5.47. The normalized spacial score (nSPS) is 19.8. The van der Waals surface area contributed by atoms with Crippen LogP contribution in [0.1, 0.15) is 6.42 Å². The van der Waals surface area contributed by atoms with Crippen LogP contribution in [-0.2, 0) is 11.3 Å². The van der Waals surface area contributed by atoms with Crippen LogP contribution < -0.4 is 10.6 Å². The molecule has 1 amide bonds. The lowest BCUT2D eigenvalue weighted by Gasteiger charge is -2.07. The fourth-order valence-corrected chi connectivity index (χ4v) is 1.79. The molecule has 7 heteroatoms. The molecule has 2 heterocycles. The minimum Gasteiger partial charge on any atom is -0.323 e. The van der Waals surface area contributed by atoms with Gasteiger partial charge in [-0.2, -0.15) is 5.10 Å². The number of hydrogen-bond donors (Lipinski definition) is 2. The van der Waals surface area contributed by atoms with Crippen LogP contribution in [0, 0.1) is 5.92 Å². The number of anilines is 1. The molecule has 0 spiro atoms. The number of rotatable bonds is 4. The fourth-order valence-electron chi connectivity index (χ4n) is 1.79. The summed E-state index contributed by atoms with van der Waals surface area (Å²) in [5.41, 5.74) is 0.461. The molecule has 5 nitrogen and oxygen atoms in total. The van der Waals surface area contributed by atoms with E-state index in [0.717, 1.165) is 17.6 Å². The Morgan fingerprint density at radius 3 is 3.18 bits per heavy atom. The van der Waals surface area contributed by atoms with Gasteiger partial charge in [0.1, 0.15) is 6.54 Å². The molecule has 1 unspecified atom stereocenters. The molecule has 1 aromatic rings. The van der Waals surface area contributed by atoms with Crippen LogP contribution in [0.2, 0.25) is 0 Å². The van der Waals surface area contributed by atoms with Gasteiger partial charge in [-0.05, 0) is 13.0 Å². The number of hydrogen-bond acceptors (Lipinski definition) is 3. The van der Waals surface area contributed by atoms with Crippen molar-refractivity contribution in [1.29, 1.82) is 0 Å². The molecule has 1 aliphatic heterocycles. The van der Waals surface area contributed by atoms with Gasteiger partial charge in [-0.3, -0.25) is 9.48 Å². The van der Waals surface area contributed by atoms with Crippen molar-refractivity contribution in [3.63, 3.8) is 0 Å². The Hall–Kier alpha value is -1.50. The van der Waals surface area contributed by atoms with Crippen molar-refractivity contribution in [2.24, 2.45) is 5.92 Å². The summed E-state index contributed by atoms with van der Waals surface area (Å²) in [5.74, 6) is -0.139. The van der Waals surface area contributed by atoms with Crippen LogP contribution in [0.15, 0.2) is 12.4 Å². The Balaban J connectivity index is 1.89. The minimum absolute atomic E-state index is 0.0477. The number of carbonyl (C=O) groups is 1. The molecule has 2 N–H and O–H groups in total. The lowest BCUT2D eigenvalue weighted by molar-refractivity contribution is -0.119. The molecule has 1 fully saturated rings. The van der Waals surface area contributed by atoms with E-state index in [-0.39, 0.29) is 11.8 Å². The molecule has 17 heavy (non-hydrogen) atoms. The first-order valence-corrected chi connectivity index (χ1v) is 5.47. The third kappa shape index (κ3) is 3.23. The van der Waals surface area contributed by atoms with E-state index in [4.69, 9.17) is 0 Å². The quantitative estimate of drug-likeness (QED) is 0.819. The highest BCUT2D eigenvalue weighted by molar-refractivity contribution is 5.92. The number of carbonyl (C=O) groups excluding carboxylic acids is 1. The van der Waals surface area contributed by atoms with Gasteiger partial charge in [0.05, 0.1) is 17.8 Å². The van der Waals surface area contributed by atoms with Gasteiger partial charge in [0, 0.05) is 12.7 Å². The third-order valence-electron chi connectivity index (χ3n) is 2.66. The number of aromatic nitrogens is 2. The molecular formula is C10H14F2N4O. The van der Waals surface area contributed by atoms with Gasteiger partial charge in [-0.1, -0.05) is 0 Å². The molecule has 1 aliphatic rings. The Labute approximate surface area is 97.2 Å². The molecule has 0 saturated carbocycles. The summed E-state index contributed by atoms with van der Waals surface area (Å²) < 4.78 is 25.3. The third-order valence-corrected chi connectivity index (χ3v) is 2.66. The van der Waals surface area contributed by atoms with Crippen molar-refractivity contribution in [3.05, 3.63) is 12.4 Å². The molecular weight excluding hydrogens is 230 g/mol. The summed E-state index contributed by atoms with van der Waals surface area (Å²) >= 11 is 0. The second-order valence-corrected chi connectivity index (χ2v) is 4.02. The van der Waals surface area contributed by atoms with E-state index >= 15 is 0 Å². The Bertz CT molecular complexity index is 387. The predicted octanol–water partition coefficient (Wildman–Crippen LogP) is 0.696. The molecule has 1 saturated heterocycles. The largest absolute Gasteiger partial charge is 0.323 e. The highest BCUT2D eigenvalue weighted by Gasteiger charge is 2.22. The average Bonchev–Trinajstić information content (AvgIpc) is 2.87. The zero-order chi connectivity index (χ0) is 12.3. The second kappa shape index (κ2) is 5.22. The molecule has 2 rings (SSSR count). The van der Waals surface area contributed by atoms with Gasteiger partial charge < -0.3 is 10.6 Å². The summed E-state index contributed by atoms with van der Waals surface area (Å²) in [5, 5.41) is 9.50. The number of alkyl halides is 2. The van der Waals surface area contributed by atoms with Crippen molar-refractivity contribution in [2.75, 3.05) is 18.4 Å². The topological polar surface area (TPSA) is 59.0 Å². The van der Waals surface area contributed by atoms with Crippen LogP contribution in [0.3, 0.4) is 0 Å². The maximum Gasteiger partial charge on any atom is 0.257 e. The second-order valence-electron chi connectivity index (χ2n) is 4.02. The van der Waals surface area contributed by atoms with Gasteiger partial charge in [0.2, 0.25) is 5.91 Å². The van der Waals surface area contributed by atoms with Gasteiger partial charge in [-0.15, -0.1) is 0 Å². The predicted molar refractivity (Wildman–Crippen MR) is 57.8 cm³/mol. The molecule has 94 valence electrons. The SMILES string of the molecule is O=C(Nc1cnn(CC(F)F)c1)C1CCNC1. The highest BCUT2D eigenvalue weighted by atomic mass is 19.3. The van der Waals surface area contributed by atoms with E-state index in [0.29, 0.717) is 12.2 Å². The molecule has 1 atom stereocenters. The zero-order valence-electron chi connectivity index (χ0n) is 9.20. The first kappa shape index (κ1) is 12.0. The van der Waals surface area contributed by atoms with Crippen LogP contribution >= 0.6 is 0 Å². The molecule has 0 bridgehead atoms. The Kier molecular flexibility index (Phi) is 3.68. The highest BCUT2D eigenvalue weighted by Crippen LogP contribution is 2.12. The van der Waals surface area contributed by atoms with Crippen molar-refractivity contribution in [2.45, 2.75) is 19.4 Å². The smallest absolute Gasteiger partial charge is 0.257 e. The number of nitrogens with zero attached hydrogens (tertiary/aromatic N) is 2. The summed E-state index contributed by atoms with van der Waals surface area (Å²) in [6, 6.07) is 0. The standard InChI is InChI=1S/C10H14F2N4O/c11-9(12)6-16-5-8(4-14-16)15-10(17)7-1-2-13-3-7/h4-5,7,9,13H,1-3,6H2,(H,15,17). The molecule has 0 radical (unpaired) electrons. The number of nitrogens with one attached hydrogen (secondary N) is 2. The van der Waals surface area contributed by atoms with Gasteiger partial charge in [0.15, 0.2) is 0 Å². The fraction of sp³-hybridized carbons (Fsp3) is 0.600. The van der Waals surface area contributed by atoms with Crippen molar-refractivity contribution in [3.8, 4) is 0 Å². The van der Waals surface area contributed by atoms with Crippen LogP contribution in [-0.4, -0.2) is 35.2 Å². The van der Waals surface area contributed by atoms with Crippen LogP contribution in [0.25, 0.3) is 0 Å². The summed E-state index contributed by atoms with van der Waals surface area (Å²) in [7, 11) is 0. The number of amides is 1. The summed E-state index contributed by atoms with van der Waals surface area (Å²) in [4.78, 5) is 11.7. The van der Waals surface area contributed by atoms with Crippen molar-refractivity contribution in [1.82, 2.24) is 15.1 Å².